The minimum absolute atomic E-state index is 0. The molecule has 1 saturated heterocycles. The number of nitrogens with one attached hydrogen (secondary N) is 1. The Morgan fingerprint density at radius 1 is 0.450 bits per heavy atom. The van der Waals surface area contributed by atoms with Crippen LogP contribution >= 0.6 is 27.7 Å². The van der Waals surface area contributed by atoms with Crippen molar-refractivity contribution >= 4 is 102 Å². The van der Waals surface area contributed by atoms with Gasteiger partial charge in [0, 0.05) is 130 Å². The van der Waals surface area contributed by atoms with Crippen LogP contribution in [0.25, 0.3) is 0 Å². The lowest BCUT2D eigenvalue weighted by molar-refractivity contribution is -0.904. The van der Waals surface area contributed by atoms with Crippen molar-refractivity contribution in [3.05, 3.63) is 236 Å². The third kappa shape index (κ3) is 29.7. The second-order valence-electron chi connectivity index (χ2n) is 21.4. The predicted molar refractivity (Wildman–Crippen MR) is 365 cm³/mol. The predicted octanol–water partition coefficient (Wildman–Crippen LogP) is 6.70. The number of hydrogen-bond acceptors (Lipinski definition) is 22. The number of nitrogens with zero attached hydrogens (tertiary/aromatic N) is 6. The van der Waals surface area contributed by atoms with E-state index in [1.807, 2.05) is 38.1 Å². The van der Waals surface area contributed by atoms with E-state index < -0.39 is 45.5 Å². The minimum atomic E-state index is -3.56. The van der Waals surface area contributed by atoms with E-state index in [2.05, 4.69) is 55.3 Å². The number of hydrogen-bond donors (Lipinski definition) is 5. The molecule has 0 bridgehead atoms. The van der Waals surface area contributed by atoms with E-state index in [0.29, 0.717) is 46.4 Å². The first-order chi connectivity index (χ1) is 47.0. The standard InChI is InChI=1S/C16H15NO5S.C16H15NO3S.C14H18N2O3.C9H9NO3.C8H7NO3.C7H6BrNO2.ClH/c1-11-2-4-14(5-3-11)23(21,22)7-6-15(18)12-8-13(16(19)20)10-17-9-12;1-11-2-4-14(5-3-11)21-7-6-15(18)12-8-13(16(19)20)10-17-9-12;17-13(4-7-16-5-2-1-3-6-16)11-8-12(14(18)19)10-15-9-11;1-6(11)7-3-8(5-10-4-7)9(12)13-2;1-5(10)6-2-7(8(11)12)4-9-3-6;1-11-7(10)5-2-6(8)4-9-3-5;/h2-5,8-10H,6-7H2,1H3,(H,19,20);2-5,8-10H,6-7H2,1H3,(H,19,20);8-10H,1-7H2,(H,18,19);3-5H,1-2H3;2-4H,1H3,(H,11,12);2-4H,1H3;1H. The first kappa shape index (κ1) is 83.8. The lowest BCUT2D eigenvalue weighted by atomic mass is 10.1. The average molecular weight is 1490 g/mol. The van der Waals surface area contributed by atoms with Crippen LogP contribution in [-0.4, -0.2) is 169 Å². The molecule has 1 aliphatic rings. The third-order valence-corrected chi connectivity index (χ3v) is 17.0. The molecule has 7 heterocycles. The Balaban J connectivity index is 0.000000318. The fourth-order valence-corrected chi connectivity index (χ4v) is 10.8. The van der Waals surface area contributed by atoms with Crippen LogP contribution in [0, 0.1) is 13.8 Å². The Morgan fingerprint density at radius 3 is 1.17 bits per heavy atom. The average Bonchev–Trinajstić information content (AvgIpc) is 0.862. The molecule has 30 heteroatoms. The monoisotopic (exact) mass is 1490 g/mol. The molecule has 0 saturated carbocycles. The van der Waals surface area contributed by atoms with E-state index >= 15 is 0 Å². The lowest BCUT2D eigenvalue weighted by Gasteiger charge is -2.23. The zero-order chi connectivity index (χ0) is 73.2. The number of likely N-dealkylation sites (tertiary alicyclic amines) is 1. The van der Waals surface area contributed by atoms with Crippen LogP contribution in [0.5, 0.6) is 0 Å². The fraction of sp³-hybridized carbons (Fsp3) is 0.243. The molecule has 1 fully saturated rings. The Bertz CT molecular complexity index is 4260. The van der Waals surface area contributed by atoms with Gasteiger partial charge in [0.1, 0.15) is 0 Å². The van der Waals surface area contributed by atoms with Gasteiger partial charge in [0.25, 0.3) is 0 Å². The number of pyridine rings is 6. The number of methoxy groups -OCH3 is 2. The summed E-state index contributed by atoms with van der Waals surface area (Å²) in [5.41, 5.74) is 4.45. The Kier molecular flexibility index (Phi) is 36.1. The number of ether oxygens (including phenoxy) is 2. The quantitative estimate of drug-likeness (QED) is 0.0268. The first-order valence-electron chi connectivity index (χ1n) is 29.9. The van der Waals surface area contributed by atoms with Gasteiger partial charge in [-0.25, -0.2) is 37.2 Å². The molecule has 6 aromatic heterocycles. The van der Waals surface area contributed by atoms with Crippen LogP contribution in [0.15, 0.2) is 174 Å². The fourth-order valence-electron chi connectivity index (χ4n) is 8.39. The number of halogens is 2. The number of rotatable bonds is 22. The van der Waals surface area contributed by atoms with Gasteiger partial charge in [-0.15, -0.1) is 11.8 Å². The lowest BCUT2D eigenvalue weighted by Crippen LogP contribution is -3.12. The third-order valence-electron chi connectivity index (χ3n) is 13.9. The zero-order valence-corrected chi connectivity index (χ0v) is 58.9. The molecule has 0 unspecified atom stereocenters. The number of carbonyl (C=O) groups is 11. The van der Waals surface area contributed by atoms with Gasteiger partial charge in [-0.2, -0.15) is 0 Å². The maximum atomic E-state index is 12.2. The molecule has 0 radical (unpaired) electrons. The number of sulfone groups is 1. The van der Waals surface area contributed by atoms with Crippen molar-refractivity contribution in [3.63, 3.8) is 0 Å². The second-order valence-corrected chi connectivity index (χ2v) is 25.6. The first-order valence-corrected chi connectivity index (χ1v) is 33.3. The van der Waals surface area contributed by atoms with Gasteiger partial charge in [-0.1, -0.05) is 35.4 Å². The van der Waals surface area contributed by atoms with Gasteiger partial charge < -0.3 is 47.2 Å². The molecule has 0 aliphatic carbocycles. The molecule has 2 aromatic carbocycles. The molecule has 0 atom stereocenters. The number of piperidine rings is 1. The van der Waals surface area contributed by atoms with E-state index in [-0.39, 0.29) is 92.0 Å². The van der Waals surface area contributed by atoms with E-state index in [4.69, 9.17) is 20.4 Å². The number of benzene rings is 2. The summed E-state index contributed by atoms with van der Waals surface area (Å²) in [4.78, 5) is 148. The van der Waals surface area contributed by atoms with Crippen molar-refractivity contribution in [3.8, 4) is 0 Å². The summed E-state index contributed by atoms with van der Waals surface area (Å²) in [6.45, 7) is 9.76. The van der Waals surface area contributed by atoms with Crippen LogP contribution in [-0.2, 0) is 19.3 Å². The van der Waals surface area contributed by atoms with Crippen molar-refractivity contribution in [2.75, 3.05) is 45.4 Å². The molecule has 9 rings (SSSR count). The van der Waals surface area contributed by atoms with Crippen molar-refractivity contribution < 1.29 is 108 Å². The normalized spacial score (nSPS) is 11.2. The van der Waals surface area contributed by atoms with Crippen molar-refractivity contribution in [1.29, 1.82) is 0 Å². The number of carboxylic acid groups (broad SMARTS) is 4. The Labute approximate surface area is 594 Å². The van der Waals surface area contributed by atoms with E-state index in [1.54, 1.807) is 36.2 Å². The largest absolute Gasteiger partial charge is 1.00 e. The van der Waals surface area contributed by atoms with Gasteiger partial charge in [0.05, 0.1) is 84.3 Å². The SMILES string of the molecule is CC(=O)c1cncc(C(=O)O)c1.COC(=O)c1cncc(Br)c1.COC(=O)c1cncc(C(C)=O)c1.Cc1ccc(S(=O)(=O)CCC(=O)c2cncc(C(=O)O)c2)cc1.Cc1ccc(SCCC(=O)c2cncc(C(=O)O)c2)cc1.O=C(O)c1cncc(C(=O)CC[NH+]2CCCCC2)c1.[Cl-]. The highest BCUT2D eigenvalue weighted by Gasteiger charge is 2.20. The maximum absolute atomic E-state index is 12.2. The second kappa shape index (κ2) is 43.1. The Hall–Kier alpha value is -10.5. The maximum Gasteiger partial charge on any atom is 0.339 e. The summed E-state index contributed by atoms with van der Waals surface area (Å²) < 4.78 is 34.1. The van der Waals surface area contributed by atoms with Crippen molar-refractivity contribution in [2.24, 2.45) is 0 Å². The molecule has 526 valence electrons. The smallest absolute Gasteiger partial charge is 0.339 e. The molecule has 26 nitrogen and oxygen atoms in total. The number of esters is 2. The Morgan fingerprint density at radius 2 is 0.780 bits per heavy atom. The van der Waals surface area contributed by atoms with E-state index in [1.165, 1.54) is 162 Å². The summed E-state index contributed by atoms with van der Waals surface area (Å²) >= 11 is 4.79. The molecule has 0 spiro atoms. The van der Waals surface area contributed by atoms with Crippen LogP contribution in [0.3, 0.4) is 0 Å². The van der Waals surface area contributed by atoms with Crippen molar-refractivity contribution in [1.82, 2.24) is 29.9 Å². The summed E-state index contributed by atoms with van der Waals surface area (Å²) in [6.07, 6.45) is 20.4. The van der Waals surface area contributed by atoms with Crippen LogP contribution in [0.4, 0.5) is 0 Å². The van der Waals surface area contributed by atoms with Gasteiger partial charge in [-0.05, 0) is 124 Å². The summed E-state index contributed by atoms with van der Waals surface area (Å²) in [5.74, 6) is -5.85. The van der Waals surface area contributed by atoms with Crippen LogP contribution in [0.1, 0.15) is 177 Å². The number of carboxylic acids is 4. The molecule has 0 amide bonds. The van der Waals surface area contributed by atoms with Gasteiger partial charge in [-0.3, -0.25) is 53.9 Å². The van der Waals surface area contributed by atoms with Gasteiger partial charge in [0.2, 0.25) is 0 Å². The van der Waals surface area contributed by atoms with Crippen LogP contribution < -0.4 is 17.3 Å². The van der Waals surface area contributed by atoms with Crippen molar-refractivity contribution in [2.45, 2.75) is 76.0 Å². The molecular formula is C70H71BrClN7O19S2. The number of aromatic nitrogens is 6. The number of quaternary nitrogens is 1. The summed E-state index contributed by atoms with van der Waals surface area (Å²) in [7, 11) is -0.947. The molecular weight excluding hydrogens is 1420 g/mol. The number of thioether (sulfide) groups is 1. The molecule has 5 N–H and O–H groups in total. The van der Waals surface area contributed by atoms with E-state index in [0.717, 1.165) is 40.8 Å². The molecule has 8 aromatic rings. The summed E-state index contributed by atoms with van der Waals surface area (Å²) in [5, 5.41) is 35.2. The van der Waals surface area contributed by atoms with Gasteiger partial charge in [0.15, 0.2) is 38.8 Å². The molecule has 1 aliphatic heterocycles. The highest BCUT2D eigenvalue weighted by atomic mass is 79.9. The topological polar surface area (TPSA) is 403 Å². The highest BCUT2D eigenvalue weighted by molar-refractivity contribution is 9.10. The number of Topliss-reactive ketones (excluding diaryl/α,β-unsaturated/α-hetero) is 5. The summed E-state index contributed by atoms with van der Waals surface area (Å²) in [6, 6.07) is 22.9. The minimum Gasteiger partial charge on any atom is -1.00 e. The highest BCUT2D eigenvalue weighted by Crippen LogP contribution is 2.21. The molecule has 100 heavy (non-hydrogen) atoms. The van der Waals surface area contributed by atoms with Gasteiger partial charge >= 0.3 is 35.8 Å². The number of aromatic carboxylic acids is 4. The number of carbonyl (C=O) groups excluding carboxylic acids is 7. The number of ketones is 5. The number of aryl methyl sites for hydroxylation is 2. The zero-order valence-electron chi connectivity index (χ0n) is 55.0. The van der Waals surface area contributed by atoms with Crippen LogP contribution in [0.2, 0.25) is 0 Å². The van der Waals surface area contributed by atoms with E-state index in [9.17, 15) is 61.2 Å².